The van der Waals surface area contributed by atoms with Crippen LogP contribution in [-0.4, -0.2) is 21.3 Å². The van der Waals surface area contributed by atoms with Crippen LogP contribution in [0.3, 0.4) is 0 Å². The van der Waals surface area contributed by atoms with Crippen LogP contribution in [0.2, 0.25) is 0 Å². The van der Waals surface area contributed by atoms with Crippen LogP contribution in [0.5, 0.6) is 0 Å². The van der Waals surface area contributed by atoms with Gasteiger partial charge in [0.2, 0.25) is 0 Å². The number of fused-ring (bicyclic) bond motifs is 1. The fraction of sp³-hybridized carbons (Fsp3) is 0.556. The Morgan fingerprint density at radius 3 is 2.59 bits per heavy atom. The van der Waals surface area contributed by atoms with Crippen molar-refractivity contribution in [2.24, 2.45) is 0 Å². The number of aromatic nitrogens is 2. The predicted molar refractivity (Wildman–Crippen MR) is 88.2 cm³/mol. The molecule has 2 aromatic rings. The highest BCUT2D eigenvalue weighted by Crippen LogP contribution is 2.19. The lowest BCUT2D eigenvalue weighted by atomic mass is 9.96. The summed E-state index contributed by atoms with van der Waals surface area (Å²) in [5.41, 5.74) is 3.51. The van der Waals surface area contributed by atoms with Gasteiger partial charge in [-0.1, -0.05) is 32.1 Å². The van der Waals surface area contributed by atoms with E-state index in [1.807, 2.05) is 36.6 Å². The molecule has 0 unspecified atom stereocenters. The summed E-state index contributed by atoms with van der Waals surface area (Å²) in [4.78, 5) is 17.2. The SMILES string of the molecule is Cc1cc(C)n2ccc(C(=O)NC3CCCCCCC3)c2n1. The van der Waals surface area contributed by atoms with Gasteiger partial charge in [-0.25, -0.2) is 4.98 Å². The molecule has 0 spiro atoms. The zero-order valence-electron chi connectivity index (χ0n) is 13.6. The second-order valence-electron chi connectivity index (χ2n) is 6.48. The lowest BCUT2D eigenvalue weighted by molar-refractivity contribution is 0.0932. The molecule has 22 heavy (non-hydrogen) atoms. The van der Waals surface area contributed by atoms with E-state index in [-0.39, 0.29) is 5.91 Å². The molecule has 0 atom stereocenters. The summed E-state index contributed by atoms with van der Waals surface area (Å²) in [6.07, 6.45) is 10.5. The van der Waals surface area contributed by atoms with Crippen molar-refractivity contribution in [3.05, 3.63) is 35.3 Å². The molecule has 1 fully saturated rings. The van der Waals surface area contributed by atoms with E-state index < -0.39 is 0 Å². The van der Waals surface area contributed by atoms with Crippen LogP contribution < -0.4 is 5.32 Å². The number of nitrogens with zero attached hydrogens (tertiary/aromatic N) is 2. The molecule has 1 aliphatic carbocycles. The minimum atomic E-state index is 0.0190. The average Bonchev–Trinajstić information content (AvgIpc) is 2.85. The summed E-state index contributed by atoms with van der Waals surface area (Å²) in [6.45, 7) is 4.01. The van der Waals surface area contributed by atoms with E-state index in [0.717, 1.165) is 29.9 Å². The minimum Gasteiger partial charge on any atom is -0.349 e. The summed E-state index contributed by atoms with van der Waals surface area (Å²) >= 11 is 0. The lowest BCUT2D eigenvalue weighted by Crippen LogP contribution is -2.35. The first-order valence-corrected chi connectivity index (χ1v) is 8.41. The second-order valence-corrected chi connectivity index (χ2v) is 6.48. The normalized spacial score (nSPS) is 17.2. The molecule has 118 valence electrons. The number of amides is 1. The van der Waals surface area contributed by atoms with Gasteiger partial charge in [-0.3, -0.25) is 4.79 Å². The van der Waals surface area contributed by atoms with Crippen LogP contribution in [-0.2, 0) is 0 Å². The Balaban J connectivity index is 1.79. The second kappa shape index (κ2) is 6.51. The zero-order valence-corrected chi connectivity index (χ0v) is 13.6. The first-order valence-electron chi connectivity index (χ1n) is 8.41. The minimum absolute atomic E-state index is 0.0190. The number of aryl methyl sites for hydroxylation is 2. The van der Waals surface area contributed by atoms with E-state index >= 15 is 0 Å². The number of rotatable bonds is 2. The molecule has 0 saturated heterocycles. The fourth-order valence-corrected chi connectivity index (χ4v) is 3.43. The third kappa shape index (κ3) is 3.16. The van der Waals surface area contributed by atoms with Gasteiger partial charge in [0.1, 0.15) is 5.65 Å². The quantitative estimate of drug-likeness (QED) is 0.917. The van der Waals surface area contributed by atoms with E-state index in [9.17, 15) is 4.79 Å². The van der Waals surface area contributed by atoms with Gasteiger partial charge in [-0.05, 0) is 38.8 Å². The average molecular weight is 299 g/mol. The Hall–Kier alpha value is -1.84. The first kappa shape index (κ1) is 15.1. The van der Waals surface area contributed by atoms with E-state index in [2.05, 4.69) is 10.3 Å². The third-order valence-electron chi connectivity index (χ3n) is 4.62. The summed E-state index contributed by atoms with van der Waals surface area (Å²) in [7, 11) is 0. The smallest absolute Gasteiger partial charge is 0.255 e. The molecule has 0 aromatic carbocycles. The number of carbonyl (C=O) groups excluding carboxylic acids is 1. The van der Waals surface area contributed by atoms with Gasteiger partial charge in [-0.15, -0.1) is 0 Å². The van der Waals surface area contributed by atoms with Crippen molar-refractivity contribution < 1.29 is 4.79 Å². The van der Waals surface area contributed by atoms with Crippen LogP contribution in [0.4, 0.5) is 0 Å². The lowest BCUT2D eigenvalue weighted by Gasteiger charge is -2.20. The molecule has 4 heteroatoms. The number of hydrogen-bond acceptors (Lipinski definition) is 2. The molecular weight excluding hydrogens is 274 g/mol. The van der Waals surface area contributed by atoms with Gasteiger partial charge >= 0.3 is 0 Å². The predicted octanol–water partition coefficient (Wildman–Crippen LogP) is 3.79. The maximum absolute atomic E-state index is 12.6. The van der Waals surface area contributed by atoms with Crippen LogP contribution in [0.25, 0.3) is 5.65 Å². The largest absolute Gasteiger partial charge is 0.349 e. The molecule has 0 radical (unpaired) electrons. The first-order chi connectivity index (χ1) is 10.6. The highest BCUT2D eigenvalue weighted by atomic mass is 16.1. The van der Waals surface area contributed by atoms with E-state index in [1.165, 1.54) is 32.1 Å². The van der Waals surface area contributed by atoms with Crippen molar-refractivity contribution in [2.45, 2.75) is 64.8 Å². The summed E-state index contributed by atoms with van der Waals surface area (Å²) in [5, 5.41) is 3.23. The Bertz CT molecular complexity index is 666. The molecule has 1 amide bonds. The van der Waals surface area contributed by atoms with E-state index in [1.54, 1.807) is 0 Å². The molecule has 4 nitrogen and oxygen atoms in total. The van der Waals surface area contributed by atoms with Crippen molar-refractivity contribution in [1.29, 1.82) is 0 Å². The fourth-order valence-electron chi connectivity index (χ4n) is 3.43. The monoisotopic (exact) mass is 299 g/mol. The molecule has 0 aliphatic heterocycles. The van der Waals surface area contributed by atoms with Gasteiger partial charge in [-0.2, -0.15) is 0 Å². The number of hydrogen-bond donors (Lipinski definition) is 1. The number of nitrogens with one attached hydrogen (secondary N) is 1. The molecule has 3 rings (SSSR count). The van der Waals surface area contributed by atoms with Gasteiger partial charge in [0.15, 0.2) is 0 Å². The van der Waals surface area contributed by atoms with Gasteiger partial charge in [0.05, 0.1) is 5.56 Å². The molecule has 1 N–H and O–H groups in total. The third-order valence-corrected chi connectivity index (χ3v) is 4.62. The van der Waals surface area contributed by atoms with E-state index in [4.69, 9.17) is 0 Å². The van der Waals surface area contributed by atoms with Crippen LogP contribution in [0.1, 0.15) is 66.7 Å². The van der Waals surface area contributed by atoms with Crippen molar-refractivity contribution in [1.82, 2.24) is 14.7 Å². The van der Waals surface area contributed by atoms with Crippen molar-refractivity contribution in [3.8, 4) is 0 Å². The van der Waals surface area contributed by atoms with Crippen LogP contribution in [0.15, 0.2) is 18.3 Å². The molecule has 0 bridgehead atoms. The highest BCUT2D eigenvalue weighted by molar-refractivity contribution is 6.00. The van der Waals surface area contributed by atoms with Gasteiger partial charge in [0, 0.05) is 23.6 Å². The van der Waals surface area contributed by atoms with Crippen molar-refractivity contribution in [2.75, 3.05) is 0 Å². The van der Waals surface area contributed by atoms with Crippen molar-refractivity contribution in [3.63, 3.8) is 0 Å². The Morgan fingerprint density at radius 2 is 1.86 bits per heavy atom. The zero-order chi connectivity index (χ0) is 15.5. The highest BCUT2D eigenvalue weighted by Gasteiger charge is 2.18. The summed E-state index contributed by atoms with van der Waals surface area (Å²) < 4.78 is 1.99. The van der Waals surface area contributed by atoms with Crippen LogP contribution in [0, 0.1) is 13.8 Å². The van der Waals surface area contributed by atoms with Crippen molar-refractivity contribution >= 4 is 11.6 Å². The Labute approximate surface area is 131 Å². The summed E-state index contributed by atoms with van der Waals surface area (Å²) in [6, 6.07) is 4.23. The van der Waals surface area contributed by atoms with E-state index in [0.29, 0.717) is 11.6 Å². The maximum atomic E-state index is 12.6. The standard InChI is InChI=1S/C18H25N3O/c1-13-12-14(2)21-11-10-16(17(21)19-13)18(22)20-15-8-6-4-3-5-7-9-15/h10-12,15H,3-9H2,1-2H3,(H,20,22). The number of carbonyl (C=O) groups is 1. The molecule has 2 aromatic heterocycles. The Morgan fingerprint density at radius 1 is 1.18 bits per heavy atom. The molecule has 1 aliphatic rings. The maximum Gasteiger partial charge on any atom is 0.255 e. The van der Waals surface area contributed by atoms with Crippen LogP contribution >= 0.6 is 0 Å². The van der Waals surface area contributed by atoms with Gasteiger partial charge < -0.3 is 9.72 Å². The molecule has 2 heterocycles. The molecular formula is C18H25N3O. The van der Waals surface area contributed by atoms with Gasteiger partial charge in [0.25, 0.3) is 5.91 Å². The molecule has 1 saturated carbocycles. The summed E-state index contributed by atoms with van der Waals surface area (Å²) in [5.74, 6) is 0.0190. The Kier molecular flexibility index (Phi) is 4.46. The topological polar surface area (TPSA) is 46.4 Å².